The number of rotatable bonds is 2. The van der Waals surface area contributed by atoms with Gasteiger partial charge in [0.2, 0.25) is 0 Å². The van der Waals surface area contributed by atoms with Crippen molar-refractivity contribution in [3.63, 3.8) is 0 Å². The van der Waals surface area contributed by atoms with E-state index in [1.807, 2.05) is 0 Å². The average molecular weight is 185 g/mol. The lowest BCUT2D eigenvalue weighted by molar-refractivity contribution is -0.138. The maximum atomic E-state index is 9.73. The molecule has 0 aromatic rings. The monoisotopic (exact) mass is 184 g/mol. The van der Waals surface area contributed by atoms with Gasteiger partial charge < -0.3 is 16.6 Å². The lowest BCUT2D eigenvalue weighted by Crippen LogP contribution is -2.37. The summed E-state index contributed by atoms with van der Waals surface area (Å²) in [5.41, 5.74) is 9.76. The summed E-state index contributed by atoms with van der Waals surface area (Å²) in [6.45, 7) is -0.00463. The van der Waals surface area contributed by atoms with Gasteiger partial charge in [0.15, 0.2) is 0 Å². The Morgan fingerprint density at radius 2 is 2.12 bits per heavy atom. The molecule has 0 aliphatic carbocycles. The third kappa shape index (κ3) is 4.04. The molecule has 0 radical (unpaired) electrons. The molecule has 8 heavy (non-hydrogen) atoms. The zero-order chi connectivity index (χ0) is 5.86. The second kappa shape index (κ2) is 5.02. The lowest BCUT2D eigenvalue weighted by Gasteiger charge is -1.97. The van der Waals surface area contributed by atoms with Gasteiger partial charge in [-0.05, 0) is 0 Å². The predicted octanol–water partition coefficient (Wildman–Crippen LogP) is -1.07. The van der Waals surface area contributed by atoms with Gasteiger partial charge in [0.1, 0.15) is 6.04 Å². The second-order valence-electron chi connectivity index (χ2n) is 1.18. The molecular formula is C3H9BrN2O2. The molecule has 1 unspecified atom stereocenters. The summed E-state index contributed by atoms with van der Waals surface area (Å²) in [5.74, 6) is -1.05. The zero-order valence-corrected chi connectivity index (χ0v) is 5.92. The van der Waals surface area contributed by atoms with E-state index in [0.717, 1.165) is 0 Å². The molecule has 0 aromatic carbocycles. The maximum absolute atomic E-state index is 9.73. The first-order valence-electron chi connectivity index (χ1n) is 1.87. The molecule has 0 bridgehead atoms. The number of hydrogen-bond acceptors (Lipinski definition) is 3. The first-order chi connectivity index (χ1) is 3.18. The van der Waals surface area contributed by atoms with E-state index in [0.29, 0.717) is 0 Å². The highest BCUT2D eigenvalue weighted by molar-refractivity contribution is 8.93. The Hall–Kier alpha value is -0.130. The lowest BCUT2D eigenvalue weighted by atomic mass is 10.3. The van der Waals surface area contributed by atoms with Crippen LogP contribution in [0.4, 0.5) is 0 Å². The molecular weight excluding hydrogens is 176 g/mol. The third-order valence-corrected chi connectivity index (χ3v) is 0.571. The molecule has 5 N–H and O–H groups in total. The van der Waals surface area contributed by atoms with E-state index >= 15 is 0 Å². The van der Waals surface area contributed by atoms with Gasteiger partial charge in [-0.1, -0.05) is 0 Å². The first kappa shape index (κ1) is 10.8. The number of carbonyl (C=O) groups is 1. The molecule has 5 heteroatoms. The molecule has 50 valence electrons. The number of halogens is 1. The molecule has 0 saturated heterocycles. The fourth-order valence-electron chi connectivity index (χ4n) is 0.101. The number of hydrogen-bond donors (Lipinski definition) is 3. The van der Waals surface area contributed by atoms with Crippen molar-refractivity contribution < 1.29 is 9.90 Å². The van der Waals surface area contributed by atoms with Gasteiger partial charge >= 0.3 is 5.97 Å². The molecule has 0 saturated carbocycles. The van der Waals surface area contributed by atoms with Gasteiger partial charge in [-0.3, -0.25) is 4.79 Å². The third-order valence-electron chi connectivity index (χ3n) is 0.571. The minimum atomic E-state index is -1.05. The molecule has 0 spiro atoms. The summed E-state index contributed by atoms with van der Waals surface area (Å²) in [5, 5.41) is 7.98. The van der Waals surface area contributed by atoms with Crippen LogP contribution in [0.25, 0.3) is 0 Å². The topological polar surface area (TPSA) is 89.3 Å². The van der Waals surface area contributed by atoms with E-state index in [9.17, 15) is 4.79 Å². The Morgan fingerprint density at radius 3 is 2.12 bits per heavy atom. The van der Waals surface area contributed by atoms with Crippen molar-refractivity contribution >= 4 is 23.0 Å². The predicted molar refractivity (Wildman–Crippen MR) is 35.0 cm³/mol. The van der Waals surface area contributed by atoms with E-state index in [1.165, 1.54) is 0 Å². The van der Waals surface area contributed by atoms with Crippen LogP contribution in [0.1, 0.15) is 0 Å². The summed E-state index contributed by atoms with van der Waals surface area (Å²) in [7, 11) is 0. The van der Waals surface area contributed by atoms with Gasteiger partial charge in [-0.15, -0.1) is 17.0 Å². The van der Waals surface area contributed by atoms with Crippen LogP contribution in [0.3, 0.4) is 0 Å². The Morgan fingerprint density at radius 1 is 1.75 bits per heavy atom. The number of nitrogens with two attached hydrogens (primary N) is 2. The van der Waals surface area contributed by atoms with E-state index in [1.54, 1.807) is 0 Å². The van der Waals surface area contributed by atoms with Crippen LogP contribution in [0.5, 0.6) is 0 Å². The zero-order valence-electron chi connectivity index (χ0n) is 4.20. The van der Waals surface area contributed by atoms with E-state index in [2.05, 4.69) is 0 Å². The molecule has 0 amide bonds. The Kier molecular flexibility index (Phi) is 6.76. The van der Waals surface area contributed by atoms with Crippen molar-refractivity contribution in [1.82, 2.24) is 0 Å². The highest BCUT2D eigenvalue weighted by atomic mass is 79.9. The molecule has 0 aliphatic heterocycles. The maximum Gasteiger partial charge on any atom is 0.321 e. The summed E-state index contributed by atoms with van der Waals surface area (Å²) in [4.78, 5) is 9.73. The van der Waals surface area contributed by atoms with Crippen molar-refractivity contribution in [2.75, 3.05) is 6.54 Å². The van der Waals surface area contributed by atoms with Crippen LogP contribution in [0.15, 0.2) is 0 Å². The van der Waals surface area contributed by atoms with Gasteiger partial charge in [0.25, 0.3) is 0 Å². The Labute approximate surface area is 57.6 Å². The van der Waals surface area contributed by atoms with Crippen molar-refractivity contribution in [1.29, 1.82) is 0 Å². The summed E-state index contributed by atoms with van der Waals surface area (Å²) < 4.78 is 0. The van der Waals surface area contributed by atoms with Crippen LogP contribution in [0.2, 0.25) is 0 Å². The minimum absolute atomic E-state index is 0. The highest BCUT2D eigenvalue weighted by Crippen LogP contribution is 1.68. The van der Waals surface area contributed by atoms with Crippen LogP contribution in [-0.2, 0) is 4.79 Å². The first-order valence-corrected chi connectivity index (χ1v) is 1.87. The van der Waals surface area contributed by atoms with E-state index < -0.39 is 12.0 Å². The van der Waals surface area contributed by atoms with Crippen molar-refractivity contribution in [2.24, 2.45) is 11.5 Å². The number of carboxylic acids is 1. The van der Waals surface area contributed by atoms with E-state index in [-0.39, 0.29) is 23.5 Å². The van der Waals surface area contributed by atoms with Gasteiger partial charge in [-0.25, -0.2) is 0 Å². The molecule has 0 aromatic heterocycles. The fourth-order valence-corrected chi connectivity index (χ4v) is 0.101. The fraction of sp³-hybridized carbons (Fsp3) is 0.667. The number of aliphatic carboxylic acids is 1. The summed E-state index contributed by atoms with van der Waals surface area (Å²) >= 11 is 0. The van der Waals surface area contributed by atoms with Crippen molar-refractivity contribution in [2.45, 2.75) is 6.04 Å². The van der Waals surface area contributed by atoms with E-state index in [4.69, 9.17) is 16.6 Å². The largest absolute Gasteiger partial charge is 0.480 e. The highest BCUT2D eigenvalue weighted by Gasteiger charge is 2.05. The van der Waals surface area contributed by atoms with Gasteiger partial charge in [0, 0.05) is 6.54 Å². The van der Waals surface area contributed by atoms with Crippen LogP contribution < -0.4 is 11.5 Å². The summed E-state index contributed by atoms with van der Waals surface area (Å²) in [6, 6.07) is -0.903. The normalized spacial score (nSPS) is 11.8. The average Bonchev–Trinajstić information content (AvgIpc) is 1.65. The molecule has 0 aliphatic rings. The van der Waals surface area contributed by atoms with Crippen LogP contribution in [-0.4, -0.2) is 23.7 Å². The van der Waals surface area contributed by atoms with Crippen LogP contribution in [0, 0.1) is 0 Å². The Bertz CT molecular complexity index is 77.7. The van der Waals surface area contributed by atoms with Crippen LogP contribution >= 0.6 is 17.0 Å². The molecule has 0 rings (SSSR count). The van der Waals surface area contributed by atoms with Crippen molar-refractivity contribution in [3.8, 4) is 0 Å². The second-order valence-corrected chi connectivity index (χ2v) is 1.18. The van der Waals surface area contributed by atoms with Crippen molar-refractivity contribution in [3.05, 3.63) is 0 Å². The molecule has 0 fully saturated rings. The molecule has 1 atom stereocenters. The van der Waals surface area contributed by atoms with Gasteiger partial charge in [-0.2, -0.15) is 0 Å². The smallest absolute Gasteiger partial charge is 0.321 e. The Balaban J connectivity index is 0. The molecule has 0 heterocycles. The SMILES string of the molecule is Br.NCC(N)C(=O)O. The molecule has 4 nitrogen and oxygen atoms in total. The quantitative estimate of drug-likeness (QED) is 0.511. The van der Waals surface area contributed by atoms with Gasteiger partial charge in [0.05, 0.1) is 0 Å². The minimum Gasteiger partial charge on any atom is -0.480 e. The summed E-state index contributed by atoms with van der Waals surface area (Å²) in [6.07, 6.45) is 0. The number of carboxylic acid groups (broad SMARTS) is 1. The standard InChI is InChI=1S/C3H8N2O2.BrH/c4-1-2(5)3(6)7;/h2H,1,4-5H2,(H,6,7);1H.